The molecule has 0 unspecified atom stereocenters. The van der Waals surface area contributed by atoms with Gasteiger partial charge in [0.15, 0.2) is 6.61 Å². The SMILES string of the molecule is CC(F)(F)COc1ccc(CS(=O)(=O)Cl)cc1. The zero-order valence-corrected chi connectivity index (χ0v) is 10.6. The molecule has 0 spiro atoms. The summed E-state index contributed by atoms with van der Waals surface area (Å²) in [6.45, 7) is 0.0294. The van der Waals surface area contributed by atoms with Crippen LogP contribution in [-0.4, -0.2) is 20.9 Å². The lowest BCUT2D eigenvalue weighted by atomic mass is 10.2. The monoisotopic (exact) mass is 284 g/mol. The summed E-state index contributed by atoms with van der Waals surface area (Å²) in [6.07, 6.45) is 0. The van der Waals surface area contributed by atoms with Gasteiger partial charge in [-0.05, 0) is 17.7 Å². The molecule has 0 amide bonds. The molecule has 0 heterocycles. The second-order valence-electron chi connectivity index (χ2n) is 3.69. The Labute approximate surface area is 103 Å². The zero-order chi connectivity index (χ0) is 13.1. The number of benzene rings is 1. The molecule has 1 aromatic rings. The summed E-state index contributed by atoms with van der Waals surface area (Å²) in [5.41, 5.74) is 0.468. The van der Waals surface area contributed by atoms with Crippen LogP contribution in [0.5, 0.6) is 5.75 Å². The molecule has 0 aliphatic carbocycles. The van der Waals surface area contributed by atoms with E-state index in [0.717, 1.165) is 6.92 Å². The zero-order valence-electron chi connectivity index (χ0n) is 8.99. The van der Waals surface area contributed by atoms with Crippen LogP contribution in [0.2, 0.25) is 0 Å². The van der Waals surface area contributed by atoms with Gasteiger partial charge in [0.05, 0.1) is 5.75 Å². The first-order valence-corrected chi connectivity index (χ1v) is 7.15. The summed E-state index contributed by atoms with van der Waals surface area (Å²) >= 11 is 0. The predicted molar refractivity (Wildman–Crippen MR) is 61.0 cm³/mol. The van der Waals surface area contributed by atoms with Gasteiger partial charge in [-0.3, -0.25) is 0 Å². The average Bonchev–Trinajstić information content (AvgIpc) is 2.13. The molecule has 1 aromatic carbocycles. The molecule has 0 bridgehead atoms. The number of rotatable bonds is 5. The van der Waals surface area contributed by atoms with Crippen molar-refractivity contribution < 1.29 is 21.9 Å². The van der Waals surface area contributed by atoms with Crippen molar-refractivity contribution in [3.63, 3.8) is 0 Å². The van der Waals surface area contributed by atoms with Crippen molar-refractivity contribution in [3.05, 3.63) is 29.8 Å². The largest absolute Gasteiger partial charge is 0.487 e. The molecule has 3 nitrogen and oxygen atoms in total. The molecule has 17 heavy (non-hydrogen) atoms. The van der Waals surface area contributed by atoms with Crippen LogP contribution in [0.25, 0.3) is 0 Å². The maximum absolute atomic E-state index is 12.5. The number of alkyl halides is 2. The van der Waals surface area contributed by atoms with Crippen LogP contribution in [0.1, 0.15) is 12.5 Å². The Morgan fingerprint density at radius 1 is 1.29 bits per heavy atom. The fourth-order valence-corrected chi connectivity index (χ4v) is 2.06. The van der Waals surface area contributed by atoms with Gasteiger partial charge in [-0.15, -0.1) is 0 Å². The first kappa shape index (κ1) is 14.2. The first-order valence-electron chi connectivity index (χ1n) is 4.68. The molecular weight excluding hydrogens is 274 g/mol. The predicted octanol–water partition coefficient (Wildman–Crippen LogP) is 2.79. The Bertz CT molecular complexity index is 465. The lowest BCUT2D eigenvalue weighted by molar-refractivity contribution is -0.0229. The fraction of sp³-hybridized carbons (Fsp3) is 0.400. The summed E-state index contributed by atoms with van der Waals surface area (Å²) in [4.78, 5) is 0. The molecule has 7 heteroatoms. The Kier molecular flexibility index (Phi) is 4.32. The number of hydrogen-bond donors (Lipinski definition) is 0. The van der Waals surface area contributed by atoms with E-state index in [1.807, 2.05) is 0 Å². The van der Waals surface area contributed by atoms with Crippen molar-refractivity contribution in [1.82, 2.24) is 0 Å². The van der Waals surface area contributed by atoms with Crippen molar-refractivity contribution in [2.75, 3.05) is 6.61 Å². The topological polar surface area (TPSA) is 43.4 Å². The van der Waals surface area contributed by atoms with Gasteiger partial charge < -0.3 is 4.74 Å². The summed E-state index contributed by atoms with van der Waals surface area (Å²) in [5, 5.41) is 0. The van der Waals surface area contributed by atoms with Crippen LogP contribution in [0, 0.1) is 0 Å². The van der Waals surface area contributed by atoms with E-state index in [-0.39, 0.29) is 11.5 Å². The highest BCUT2D eigenvalue weighted by atomic mass is 35.7. The van der Waals surface area contributed by atoms with Gasteiger partial charge in [0.1, 0.15) is 5.75 Å². The molecule has 0 saturated heterocycles. The number of hydrogen-bond acceptors (Lipinski definition) is 3. The summed E-state index contributed by atoms with van der Waals surface area (Å²) in [5.74, 6) is -2.96. The minimum absolute atomic E-state index is 0.252. The lowest BCUT2D eigenvalue weighted by Gasteiger charge is -2.12. The van der Waals surface area contributed by atoms with Crippen LogP contribution in [0.3, 0.4) is 0 Å². The third-order valence-electron chi connectivity index (χ3n) is 1.75. The van der Waals surface area contributed by atoms with Crippen LogP contribution >= 0.6 is 10.7 Å². The number of halogens is 3. The molecule has 0 saturated carbocycles. The molecular formula is C10H11ClF2O3S. The first-order chi connectivity index (χ1) is 7.66. The Hall–Kier alpha value is -0.880. The molecule has 96 valence electrons. The third kappa shape index (κ3) is 6.43. The molecule has 0 radical (unpaired) electrons. The van der Waals surface area contributed by atoms with Crippen LogP contribution in [-0.2, 0) is 14.8 Å². The van der Waals surface area contributed by atoms with E-state index in [4.69, 9.17) is 15.4 Å². The maximum atomic E-state index is 12.5. The van der Waals surface area contributed by atoms with Crippen molar-refractivity contribution in [2.24, 2.45) is 0 Å². The summed E-state index contributed by atoms with van der Waals surface area (Å²) in [7, 11) is 1.46. The Balaban J connectivity index is 2.63. The second kappa shape index (κ2) is 5.18. The van der Waals surface area contributed by atoms with Gasteiger partial charge in [-0.25, -0.2) is 17.2 Å². The van der Waals surface area contributed by atoms with E-state index in [1.165, 1.54) is 24.3 Å². The van der Waals surface area contributed by atoms with Gasteiger partial charge >= 0.3 is 0 Å². The molecule has 0 aliphatic heterocycles. The smallest absolute Gasteiger partial charge is 0.278 e. The van der Waals surface area contributed by atoms with Crippen LogP contribution < -0.4 is 4.74 Å². The molecule has 1 rings (SSSR count). The fourth-order valence-electron chi connectivity index (χ4n) is 1.09. The molecule has 0 N–H and O–H groups in total. The van der Waals surface area contributed by atoms with Crippen LogP contribution in [0.4, 0.5) is 8.78 Å². The summed E-state index contributed by atoms with van der Waals surface area (Å²) < 4.78 is 51.4. The van der Waals surface area contributed by atoms with Crippen molar-refractivity contribution in [1.29, 1.82) is 0 Å². The minimum Gasteiger partial charge on any atom is -0.487 e. The van der Waals surface area contributed by atoms with Crippen LogP contribution in [0.15, 0.2) is 24.3 Å². The molecule has 0 fully saturated rings. The van der Waals surface area contributed by atoms with Gasteiger partial charge in [-0.2, -0.15) is 0 Å². The standard InChI is InChI=1S/C10H11ClF2O3S/c1-10(12,13)7-16-9-4-2-8(3-5-9)6-17(11,14)15/h2-5H,6-7H2,1H3. The highest BCUT2D eigenvalue weighted by Gasteiger charge is 2.21. The number of ether oxygens (including phenoxy) is 1. The summed E-state index contributed by atoms with van der Waals surface area (Å²) in [6, 6.07) is 5.76. The Morgan fingerprint density at radius 3 is 2.24 bits per heavy atom. The van der Waals surface area contributed by atoms with E-state index < -0.39 is 21.6 Å². The van der Waals surface area contributed by atoms with E-state index in [1.54, 1.807) is 0 Å². The normalized spacial score (nSPS) is 12.5. The maximum Gasteiger partial charge on any atom is 0.278 e. The third-order valence-corrected chi connectivity index (χ3v) is 2.76. The highest BCUT2D eigenvalue weighted by molar-refractivity contribution is 8.13. The molecule has 0 atom stereocenters. The molecule has 0 aromatic heterocycles. The van der Waals surface area contributed by atoms with Gasteiger partial charge in [0.2, 0.25) is 9.05 Å². The van der Waals surface area contributed by atoms with E-state index >= 15 is 0 Å². The van der Waals surface area contributed by atoms with E-state index in [9.17, 15) is 17.2 Å². The Morgan fingerprint density at radius 2 is 1.82 bits per heavy atom. The van der Waals surface area contributed by atoms with Gasteiger partial charge in [-0.1, -0.05) is 12.1 Å². The minimum atomic E-state index is -3.61. The lowest BCUT2D eigenvalue weighted by Crippen LogP contribution is -2.20. The van der Waals surface area contributed by atoms with Gasteiger partial charge in [0.25, 0.3) is 5.92 Å². The quantitative estimate of drug-likeness (QED) is 0.781. The van der Waals surface area contributed by atoms with Crippen molar-refractivity contribution >= 4 is 19.7 Å². The van der Waals surface area contributed by atoms with Gasteiger partial charge in [0, 0.05) is 17.6 Å². The highest BCUT2D eigenvalue weighted by Crippen LogP contribution is 2.18. The van der Waals surface area contributed by atoms with E-state index in [2.05, 4.69) is 0 Å². The van der Waals surface area contributed by atoms with E-state index in [0.29, 0.717) is 5.56 Å². The second-order valence-corrected chi connectivity index (χ2v) is 6.46. The van der Waals surface area contributed by atoms with Crippen molar-refractivity contribution in [2.45, 2.75) is 18.6 Å². The average molecular weight is 285 g/mol. The van der Waals surface area contributed by atoms with Crippen molar-refractivity contribution in [3.8, 4) is 5.75 Å². The molecule has 0 aliphatic rings.